The molecule has 0 bridgehead atoms. The third kappa shape index (κ3) is 3.07. The van der Waals surface area contributed by atoms with Gasteiger partial charge in [-0.05, 0) is 30.3 Å². The monoisotopic (exact) mass is 329 g/mol. The van der Waals surface area contributed by atoms with Crippen molar-refractivity contribution < 1.29 is 9.21 Å². The SMILES string of the molecule is O=C(C=Cc1ccco1)Nc1c(-c2ccccc2)nc2ccccn12. The van der Waals surface area contributed by atoms with Gasteiger partial charge in [0.1, 0.15) is 22.9 Å². The number of amides is 1. The molecule has 0 aliphatic heterocycles. The van der Waals surface area contributed by atoms with E-state index in [1.54, 1.807) is 24.5 Å². The molecule has 5 nitrogen and oxygen atoms in total. The molecule has 25 heavy (non-hydrogen) atoms. The maximum Gasteiger partial charge on any atom is 0.249 e. The van der Waals surface area contributed by atoms with E-state index in [0.29, 0.717) is 11.6 Å². The van der Waals surface area contributed by atoms with Gasteiger partial charge in [0.05, 0.1) is 6.26 Å². The van der Waals surface area contributed by atoms with E-state index in [0.717, 1.165) is 16.9 Å². The number of rotatable bonds is 4. The summed E-state index contributed by atoms with van der Waals surface area (Å²) >= 11 is 0. The van der Waals surface area contributed by atoms with Gasteiger partial charge >= 0.3 is 0 Å². The van der Waals surface area contributed by atoms with Crippen LogP contribution in [-0.4, -0.2) is 15.3 Å². The number of hydrogen-bond acceptors (Lipinski definition) is 3. The van der Waals surface area contributed by atoms with Crippen LogP contribution in [0.3, 0.4) is 0 Å². The standard InChI is InChI=1S/C20H15N3O2/c24-18(12-11-16-9-6-14-25-16)22-20-19(15-7-2-1-3-8-15)21-17-10-4-5-13-23(17)20/h1-14H,(H,22,24). The summed E-state index contributed by atoms with van der Waals surface area (Å²) in [6.45, 7) is 0. The summed E-state index contributed by atoms with van der Waals surface area (Å²) in [7, 11) is 0. The van der Waals surface area contributed by atoms with E-state index in [-0.39, 0.29) is 5.91 Å². The molecule has 122 valence electrons. The minimum atomic E-state index is -0.251. The fourth-order valence-corrected chi connectivity index (χ4v) is 2.61. The molecule has 4 rings (SSSR count). The second kappa shape index (κ2) is 6.49. The molecule has 4 aromatic rings. The Morgan fingerprint density at radius 3 is 2.68 bits per heavy atom. The number of benzene rings is 1. The Kier molecular flexibility index (Phi) is 3.88. The van der Waals surface area contributed by atoms with E-state index in [1.165, 1.54) is 6.08 Å². The lowest BCUT2D eigenvalue weighted by molar-refractivity contribution is -0.111. The first-order valence-electron chi connectivity index (χ1n) is 7.86. The first-order valence-corrected chi connectivity index (χ1v) is 7.86. The van der Waals surface area contributed by atoms with Gasteiger partial charge in [-0.15, -0.1) is 0 Å². The van der Waals surface area contributed by atoms with Crippen LogP contribution in [0.15, 0.2) is 83.6 Å². The number of anilines is 1. The van der Waals surface area contributed by atoms with Crippen molar-refractivity contribution in [2.45, 2.75) is 0 Å². The third-order valence-corrected chi connectivity index (χ3v) is 3.76. The Hall–Kier alpha value is -3.60. The molecule has 0 spiro atoms. The third-order valence-electron chi connectivity index (χ3n) is 3.76. The first-order chi connectivity index (χ1) is 12.3. The van der Waals surface area contributed by atoms with Gasteiger partial charge in [0, 0.05) is 17.8 Å². The zero-order chi connectivity index (χ0) is 17.1. The molecule has 3 aromatic heterocycles. The Balaban J connectivity index is 1.71. The number of furan rings is 1. The van der Waals surface area contributed by atoms with Crippen molar-refractivity contribution in [2.75, 3.05) is 5.32 Å². The van der Waals surface area contributed by atoms with E-state index in [9.17, 15) is 4.79 Å². The molecule has 5 heteroatoms. The fourth-order valence-electron chi connectivity index (χ4n) is 2.61. The molecule has 0 fully saturated rings. The predicted molar refractivity (Wildman–Crippen MR) is 97.0 cm³/mol. The van der Waals surface area contributed by atoms with Gasteiger partial charge in [0.25, 0.3) is 0 Å². The molecule has 1 aromatic carbocycles. The average Bonchev–Trinajstić information content (AvgIpc) is 3.29. The molecule has 0 saturated carbocycles. The molecule has 0 atom stereocenters. The fraction of sp³-hybridized carbons (Fsp3) is 0. The van der Waals surface area contributed by atoms with Gasteiger partial charge in [0.15, 0.2) is 0 Å². The number of carbonyl (C=O) groups is 1. The van der Waals surface area contributed by atoms with Gasteiger partial charge < -0.3 is 9.73 Å². The predicted octanol–water partition coefficient (Wildman–Crippen LogP) is 4.25. The van der Waals surface area contributed by atoms with Gasteiger partial charge in [-0.3, -0.25) is 9.20 Å². The lowest BCUT2D eigenvalue weighted by atomic mass is 10.1. The van der Waals surface area contributed by atoms with Crippen LogP contribution >= 0.6 is 0 Å². The highest BCUT2D eigenvalue weighted by Crippen LogP contribution is 2.28. The van der Waals surface area contributed by atoms with Crippen molar-refractivity contribution in [3.63, 3.8) is 0 Å². The topological polar surface area (TPSA) is 59.5 Å². The molecule has 0 unspecified atom stereocenters. The normalized spacial score (nSPS) is 11.2. The minimum absolute atomic E-state index is 0.251. The number of nitrogens with one attached hydrogen (secondary N) is 1. The van der Waals surface area contributed by atoms with Crippen LogP contribution in [0, 0.1) is 0 Å². The van der Waals surface area contributed by atoms with Crippen molar-refractivity contribution in [1.82, 2.24) is 9.38 Å². The smallest absolute Gasteiger partial charge is 0.249 e. The summed E-state index contributed by atoms with van der Waals surface area (Å²) in [5.41, 5.74) is 2.44. The number of nitrogens with zero attached hydrogens (tertiary/aromatic N) is 2. The summed E-state index contributed by atoms with van der Waals surface area (Å²) in [5.74, 6) is 1.01. The molecule has 0 radical (unpaired) electrons. The van der Waals surface area contributed by atoms with Crippen LogP contribution < -0.4 is 5.32 Å². The number of aromatic nitrogens is 2. The Labute approximate surface area is 144 Å². The maximum atomic E-state index is 12.4. The lowest BCUT2D eigenvalue weighted by Gasteiger charge is -2.05. The lowest BCUT2D eigenvalue weighted by Crippen LogP contribution is -2.10. The Bertz CT molecular complexity index is 1030. The molecule has 1 N–H and O–H groups in total. The molecule has 0 saturated heterocycles. The summed E-state index contributed by atoms with van der Waals surface area (Å²) in [5, 5.41) is 2.93. The largest absolute Gasteiger partial charge is 0.465 e. The number of imidazole rings is 1. The summed E-state index contributed by atoms with van der Waals surface area (Å²) in [6, 6.07) is 19.1. The molecular formula is C20H15N3O2. The van der Waals surface area contributed by atoms with Crippen molar-refractivity contribution in [2.24, 2.45) is 0 Å². The van der Waals surface area contributed by atoms with Gasteiger partial charge in [-0.25, -0.2) is 4.98 Å². The van der Waals surface area contributed by atoms with Crippen LogP contribution in [0.2, 0.25) is 0 Å². The van der Waals surface area contributed by atoms with Gasteiger partial charge in [-0.1, -0.05) is 36.4 Å². The minimum Gasteiger partial charge on any atom is -0.465 e. The van der Waals surface area contributed by atoms with E-state index in [2.05, 4.69) is 10.3 Å². The van der Waals surface area contributed by atoms with Crippen molar-refractivity contribution >= 4 is 23.4 Å². The summed E-state index contributed by atoms with van der Waals surface area (Å²) in [4.78, 5) is 17.0. The number of fused-ring (bicyclic) bond motifs is 1. The number of hydrogen-bond donors (Lipinski definition) is 1. The van der Waals surface area contributed by atoms with E-state index >= 15 is 0 Å². The van der Waals surface area contributed by atoms with E-state index in [4.69, 9.17) is 4.42 Å². The van der Waals surface area contributed by atoms with Crippen LogP contribution in [0.1, 0.15) is 5.76 Å². The molecule has 0 aliphatic carbocycles. The quantitative estimate of drug-likeness (QED) is 0.570. The highest BCUT2D eigenvalue weighted by Gasteiger charge is 2.15. The number of pyridine rings is 1. The Morgan fingerprint density at radius 2 is 1.88 bits per heavy atom. The van der Waals surface area contributed by atoms with Crippen molar-refractivity contribution in [1.29, 1.82) is 0 Å². The van der Waals surface area contributed by atoms with Crippen LogP contribution in [0.25, 0.3) is 23.0 Å². The van der Waals surface area contributed by atoms with Crippen molar-refractivity contribution in [3.05, 3.63) is 85.0 Å². The molecule has 1 amide bonds. The zero-order valence-corrected chi connectivity index (χ0v) is 13.3. The van der Waals surface area contributed by atoms with Gasteiger partial charge in [-0.2, -0.15) is 0 Å². The summed E-state index contributed by atoms with van der Waals surface area (Å²) in [6.07, 6.45) is 6.51. The zero-order valence-electron chi connectivity index (χ0n) is 13.3. The van der Waals surface area contributed by atoms with Gasteiger partial charge in [0.2, 0.25) is 5.91 Å². The van der Waals surface area contributed by atoms with E-state index in [1.807, 2.05) is 59.1 Å². The van der Waals surface area contributed by atoms with Crippen LogP contribution in [0.4, 0.5) is 5.82 Å². The maximum absolute atomic E-state index is 12.4. The second-order valence-corrected chi connectivity index (χ2v) is 5.44. The van der Waals surface area contributed by atoms with E-state index < -0.39 is 0 Å². The molecular weight excluding hydrogens is 314 g/mol. The molecule has 3 heterocycles. The summed E-state index contributed by atoms with van der Waals surface area (Å²) < 4.78 is 7.06. The van der Waals surface area contributed by atoms with Crippen LogP contribution in [0.5, 0.6) is 0 Å². The Morgan fingerprint density at radius 1 is 1.04 bits per heavy atom. The average molecular weight is 329 g/mol. The number of carbonyl (C=O) groups excluding carboxylic acids is 1. The molecule has 0 aliphatic rings. The highest BCUT2D eigenvalue weighted by molar-refractivity contribution is 6.03. The van der Waals surface area contributed by atoms with Crippen LogP contribution in [-0.2, 0) is 4.79 Å². The first kappa shape index (κ1) is 15.0. The highest BCUT2D eigenvalue weighted by atomic mass is 16.3. The second-order valence-electron chi connectivity index (χ2n) is 5.44. The van der Waals surface area contributed by atoms with Crippen molar-refractivity contribution in [3.8, 4) is 11.3 Å².